The van der Waals surface area contributed by atoms with Crippen molar-refractivity contribution < 1.29 is 14.6 Å². The zero-order chi connectivity index (χ0) is 17.5. The van der Waals surface area contributed by atoms with E-state index in [4.69, 9.17) is 16.3 Å². The summed E-state index contributed by atoms with van der Waals surface area (Å²) in [7, 11) is 0. The maximum Gasteiger partial charge on any atom is 0.250 e. The molecule has 0 saturated heterocycles. The number of aliphatic hydroxyl groups is 1. The van der Waals surface area contributed by atoms with E-state index in [9.17, 15) is 14.7 Å². The lowest BCUT2D eigenvalue weighted by molar-refractivity contribution is -0.122. The van der Waals surface area contributed by atoms with E-state index in [0.717, 1.165) is 5.56 Å². The number of pyridine rings is 1. The van der Waals surface area contributed by atoms with Crippen LogP contribution in [-0.4, -0.2) is 34.8 Å². The smallest absolute Gasteiger partial charge is 0.250 e. The molecule has 1 amide bonds. The average Bonchev–Trinajstić information content (AvgIpc) is 2.56. The Morgan fingerprint density at radius 3 is 2.88 bits per heavy atom. The van der Waals surface area contributed by atoms with E-state index in [0.29, 0.717) is 10.8 Å². The van der Waals surface area contributed by atoms with Crippen LogP contribution >= 0.6 is 11.6 Å². The summed E-state index contributed by atoms with van der Waals surface area (Å²) in [6, 6.07) is 9.86. The summed E-state index contributed by atoms with van der Waals surface area (Å²) < 4.78 is 6.74. The van der Waals surface area contributed by atoms with Crippen molar-refractivity contribution in [2.75, 3.05) is 13.2 Å². The first-order valence-corrected chi connectivity index (χ1v) is 7.82. The maximum atomic E-state index is 11.8. The highest BCUT2D eigenvalue weighted by molar-refractivity contribution is 6.31. The van der Waals surface area contributed by atoms with Gasteiger partial charge < -0.3 is 19.7 Å². The monoisotopic (exact) mass is 350 g/mol. The Labute approximate surface area is 144 Å². The number of carbonyl (C=O) groups excluding carboxylic acids is 1. The molecule has 1 aromatic heterocycles. The Hall–Kier alpha value is -2.31. The summed E-state index contributed by atoms with van der Waals surface area (Å²) in [5.74, 6) is 0.239. The number of aryl methyl sites for hydroxylation is 1. The Balaban J connectivity index is 1.75. The molecule has 0 bridgehead atoms. The molecule has 1 atom stereocenters. The van der Waals surface area contributed by atoms with Gasteiger partial charge in [-0.1, -0.05) is 17.7 Å². The molecule has 0 unspecified atom stereocenters. The number of hydrogen-bond donors (Lipinski definition) is 2. The molecule has 0 saturated carbocycles. The summed E-state index contributed by atoms with van der Waals surface area (Å²) in [4.78, 5) is 23.3. The normalized spacial score (nSPS) is 11.8. The van der Waals surface area contributed by atoms with Gasteiger partial charge in [-0.3, -0.25) is 9.59 Å². The van der Waals surface area contributed by atoms with E-state index in [1.807, 2.05) is 6.92 Å². The second-order valence-corrected chi connectivity index (χ2v) is 5.75. The number of aromatic nitrogens is 1. The molecule has 7 heteroatoms. The first-order valence-electron chi connectivity index (χ1n) is 7.45. The van der Waals surface area contributed by atoms with Gasteiger partial charge in [-0.2, -0.15) is 0 Å². The predicted molar refractivity (Wildman–Crippen MR) is 91.4 cm³/mol. The lowest BCUT2D eigenvalue weighted by atomic mass is 10.2. The Morgan fingerprint density at radius 2 is 2.17 bits per heavy atom. The van der Waals surface area contributed by atoms with Gasteiger partial charge in [0.15, 0.2) is 0 Å². The number of nitrogens with one attached hydrogen (secondary N) is 1. The highest BCUT2D eigenvalue weighted by Crippen LogP contribution is 2.20. The van der Waals surface area contributed by atoms with Crippen LogP contribution in [0.4, 0.5) is 0 Å². The number of nitrogens with zero attached hydrogens (tertiary/aromatic N) is 1. The number of benzene rings is 1. The number of amides is 1. The van der Waals surface area contributed by atoms with Gasteiger partial charge in [-0.25, -0.2) is 0 Å². The molecule has 0 aliphatic rings. The SMILES string of the molecule is Cc1cc(OC[C@H](O)CNC(=O)Cn2ccccc2=O)ccc1Cl. The van der Waals surface area contributed by atoms with E-state index in [1.165, 1.54) is 16.8 Å². The van der Waals surface area contributed by atoms with Crippen LogP contribution < -0.4 is 15.6 Å². The quantitative estimate of drug-likeness (QED) is 0.790. The molecule has 0 fully saturated rings. The Kier molecular flexibility index (Phi) is 6.40. The molecule has 1 aromatic carbocycles. The zero-order valence-corrected chi connectivity index (χ0v) is 14.0. The van der Waals surface area contributed by atoms with Crippen molar-refractivity contribution in [1.82, 2.24) is 9.88 Å². The van der Waals surface area contributed by atoms with Crippen LogP contribution in [0.2, 0.25) is 5.02 Å². The second kappa shape index (κ2) is 8.52. The topological polar surface area (TPSA) is 80.6 Å². The number of hydrogen-bond acceptors (Lipinski definition) is 4. The summed E-state index contributed by atoms with van der Waals surface area (Å²) >= 11 is 5.93. The first kappa shape index (κ1) is 18.0. The van der Waals surface area contributed by atoms with E-state index in [-0.39, 0.29) is 31.2 Å². The third kappa shape index (κ3) is 5.40. The summed E-state index contributed by atoms with van der Waals surface area (Å²) in [6.45, 7) is 1.83. The lowest BCUT2D eigenvalue weighted by Crippen LogP contribution is -2.38. The molecule has 128 valence electrons. The summed E-state index contributed by atoms with van der Waals surface area (Å²) in [6.07, 6.45) is 0.669. The fraction of sp³-hybridized carbons (Fsp3) is 0.294. The van der Waals surface area contributed by atoms with Gasteiger partial charge >= 0.3 is 0 Å². The molecule has 24 heavy (non-hydrogen) atoms. The van der Waals surface area contributed by atoms with E-state index >= 15 is 0 Å². The summed E-state index contributed by atoms with van der Waals surface area (Å²) in [5.41, 5.74) is 0.625. The molecule has 0 aliphatic carbocycles. The van der Waals surface area contributed by atoms with Crippen molar-refractivity contribution in [3.05, 3.63) is 63.5 Å². The molecule has 0 radical (unpaired) electrons. The van der Waals surface area contributed by atoms with Gasteiger partial charge in [0.1, 0.15) is 25.0 Å². The third-order valence-electron chi connectivity index (χ3n) is 3.32. The van der Waals surface area contributed by atoms with Crippen molar-refractivity contribution in [2.24, 2.45) is 0 Å². The van der Waals surface area contributed by atoms with Crippen LogP contribution in [0.1, 0.15) is 5.56 Å². The average molecular weight is 351 g/mol. The molecule has 2 N–H and O–H groups in total. The standard InChI is InChI=1S/C17H19ClN2O4/c1-12-8-14(5-6-15(12)18)24-11-13(21)9-19-16(22)10-20-7-3-2-4-17(20)23/h2-8,13,21H,9-11H2,1H3,(H,19,22)/t13-/m1/s1. The van der Waals surface area contributed by atoms with Crippen LogP contribution in [0, 0.1) is 6.92 Å². The van der Waals surface area contributed by atoms with Crippen molar-refractivity contribution in [2.45, 2.75) is 19.6 Å². The van der Waals surface area contributed by atoms with Crippen LogP contribution in [0.15, 0.2) is 47.4 Å². The molecule has 1 heterocycles. The lowest BCUT2D eigenvalue weighted by Gasteiger charge is -2.14. The van der Waals surface area contributed by atoms with Gasteiger partial charge in [0, 0.05) is 23.8 Å². The minimum atomic E-state index is -0.863. The fourth-order valence-electron chi connectivity index (χ4n) is 1.99. The minimum absolute atomic E-state index is 0.0344. The zero-order valence-electron chi connectivity index (χ0n) is 13.2. The highest BCUT2D eigenvalue weighted by atomic mass is 35.5. The van der Waals surface area contributed by atoms with Gasteiger partial charge in [-0.15, -0.1) is 0 Å². The minimum Gasteiger partial charge on any atom is -0.491 e. The predicted octanol–water partition coefficient (Wildman–Crippen LogP) is 1.37. The highest BCUT2D eigenvalue weighted by Gasteiger charge is 2.09. The number of carbonyl (C=O) groups is 1. The molecular formula is C17H19ClN2O4. The molecule has 2 aromatic rings. The van der Waals surface area contributed by atoms with Crippen molar-refractivity contribution in [3.63, 3.8) is 0 Å². The van der Waals surface area contributed by atoms with E-state index < -0.39 is 6.10 Å². The van der Waals surface area contributed by atoms with Crippen molar-refractivity contribution >= 4 is 17.5 Å². The third-order valence-corrected chi connectivity index (χ3v) is 3.74. The largest absolute Gasteiger partial charge is 0.491 e. The Morgan fingerprint density at radius 1 is 1.38 bits per heavy atom. The molecule has 6 nitrogen and oxygen atoms in total. The summed E-state index contributed by atoms with van der Waals surface area (Å²) in [5, 5.41) is 13.1. The number of halogens is 1. The molecular weight excluding hydrogens is 332 g/mol. The van der Waals surface area contributed by atoms with Crippen LogP contribution in [0.5, 0.6) is 5.75 Å². The number of aliphatic hydroxyl groups excluding tert-OH is 1. The number of rotatable bonds is 7. The number of ether oxygens (including phenoxy) is 1. The molecule has 0 spiro atoms. The van der Waals surface area contributed by atoms with Crippen LogP contribution in [0.3, 0.4) is 0 Å². The van der Waals surface area contributed by atoms with Crippen molar-refractivity contribution in [3.8, 4) is 5.75 Å². The molecule has 0 aliphatic heterocycles. The maximum absolute atomic E-state index is 11.8. The van der Waals surface area contributed by atoms with Gasteiger partial charge in [0.2, 0.25) is 5.91 Å². The van der Waals surface area contributed by atoms with E-state index in [2.05, 4.69) is 5.32 Å². The molecule has 2 rings (SSSR count). The van der Waals surface area contributed by atoms with Crippen molar-refractivity contribution in [1.29, 1.82) is 0 Å². The van der Waals surface area contributed by atoms with Crippen LogP contribution in [0.25, 0.3) is 0 Å². The first-order chi connectivity index (χ1) is 11.5. The Bertz CT molecular complexity index is 760. The van der Waals surface area contributed by atoms with Gasteiger partial charge in [0.05, 0.1) is 0 Å². The van der Waals surface area contributed by atoms with E-state index in [1.54, 1.807) is 30.3 Å². The van der Waals surface area contributed by atoms with Crippen LogP contribution in [-0.2, 0) is 11.3 Å². The second-order valence-electron chi connectivity index (χ2n) is 5.35. The van der Waals surface area contributed by atoms with Gasteiger partial charge in [0.25, 0.3) is 5.56 Å². The van der Waals surface area contributed by atoms with Gasteiger partial charge in [-0.05, 0) is 36.8 Å². The fourth-order valence-corrected chi connectivity index (χ4v) is 2.11.